The number of hydrogen-bond donors (Lipinski definition) is 1. The van der Waals surface area contributed by atoms with Crippen LogP contribution in [0.15, 0.2) is 24.3 Å². The summed E-state index contributed by atoms with van der Waals surface area (Å²) in [6, 6.07) is 7.50. The summed E-state index contributed by atoms with van der Waals surface area (Å²) in [5.41, 5.74) is 0.837. The summed E-state index contributed by atoms with van der Waals surface area (Å²) in [6.45, 7) is 3.40. The van der Waals surface area contributed by atoms with E-state index in [0.717, 1.165) is 30.8 Å². The number of methoxy groups -OCH3 is 1. The van der Waals surface area contributed by atoms with E-state index in [-0.39, 0.29) is 24.0 Å². The summed E-state index contributed by atoms with van der Waals surface area (Å²) >= 11 is 0. The quantitative estimate of drug-likeness (QED) is 0.925. The summed E-state index contributed by atoms with van der Waals surface area (Å²) in [5.74, 6) is 0.798. The Hall–Kier alpha value is -2.24. The predicted octanol–water partition coefficient (Wildman–Crippen LogP) is 2.38. The first-order valence-corrected chi connectivity index (χ1v) is 8.60. The van der Waals surface area contributed by atoms with Crippen LogP contribution in [0.3, 0.4) is 0 Å². The number of amides is 3. The minimum atomic E-state index is -0.138. The summed E-state index contributed by atoms with van der Waals surface area (Å²) in [6.07, 6.45) is 3.63. The van der Waals surface area contributed by atoms with Crippen molar-refractivity contribution in [2.24, 2.45) is 0 Å². The molecule has 6 heteroatoms. The molecule has 3 rings (SSSR count). The Morgan fingerprint density at radius 2 is 2.00 bits per heavy atom. The molecule has 130 valence electrons. The molecule has 1 aromatic rings. The second-order valence-electron chi connectivity index (χ2n) is 6.59. The van der Waals surface area contributed by atoms with Gasteiger partial charge >= 0.3 is 6.03 Å². The lowest BCUT2D eigenvalue weighted by atomic mass is 10.0. The van der Waals surface area contributed by atoms with Gasteiger partial charge in [0.1, 0.15) is 5.75 Å². The number of likely N-dealkylation sites (tertiary alicyclic amines) is 1. The topological polar surface area (TPSA) is 61.9 Å². The largest absolute Gasteiger partial charge is 0.497 e. The van der Waals surface area contributed by atoms with Crippen molar-refractivity contribution in [3.8, 4) is 5.75 Å². The summed E-state index contributed by atoms with van der Waals surface area (Å²) in [5, 5.41) is 3.03. The Morgan fingerprint density at radius 3 is 2.67 bits per heavy atom. The maximum Gasteiger partial charge on any atom is 0.317 e. The van der Waals surface area contributed by atoms with E-state index in [1.165, 1.54) is 6.42 Å². The molecule has 2 fully saturated rings. The molecule has 3 amide bonds. The number of ether oxygens (including phenoxy) is 1. The molecule has 2 atom stereocenters. The summed E-state index contributed by atoms with van der Waals surface area (Å²) < 4.78 is 5.14. The van der Waals surface area contributed by atoms with Crippen LogP contribution in [0.4, 0.5) is 10.5 Å². The first kappa shape index (κ1) is 16.6. The molecule has 2 aliphatic rings. The van der Waals surface area contributed by atoms with Gasteiger partial charge in [-0.05, 0) is 50.5 Å². The Kier molecular flexibility index (Phi) is 4.92. The van der Waals surface area contributed by atoms with Gasteiger partial charge in [-0.25, -0.2) is 4.79 Å². The van der Waals surface area contributed by atoms with Crippen molar-refractivity contribution in [2.75, 3.05) is 25.1 Å². The van der Waals surface area contributed by atoms with Gasteiger partial charge in [0.05, 0.1) is 13.2 Å². The van der Waals surface area contributed by atoms with E-state index in [1.807, 2.05) is 29.2 Å². The molecule has 24 heavy (non-hydrogen) atoms. The highest BCUT2D eigenvalue weighted by Crippen LogP contribution is 2.24. The van der Waals surface area contributed by atoms with Crippen LogP contribution in [0.5, 0.6) is 5.75 Å². The van der Waals surface area contributed by atoms with Crippen LogP contribution < -0.4 is 15.0 Å². The number of nitrogens with one attached hydrogen (secondary N) is 1. The number of nitrogens with zero attached hydrogens (tertiary/aromatic N) is 2. The Balaban J connectivity index is 1.60. The maximum absolute atomic E-state index is 12.5. The molecular weight excluding hydrogens is 306 g/mol. The van der Waals surface area contributed by atoms with Crippen molar-refractivity contribution in [1.29, 1.82) is 0 Å². The van der Waals surface area contributed by atoms with E-state index in [1.54, 1.807) is 12.0 Å². The molecule has 2 aliphatic heterocycles. The number of rotatable bonds is 3. The Morgan fingerprint density at radius 1 is 1.25 bits per heavy atom. The van der Waals surface area contributed by atoms with Crippen molar-refractivity contribution in [3.63, 3.8) is 0 Å². The van der Waals surface area contributed by atoms with E-state index in [4.69, 9.17) is 4.74 Å². The molecule has 0 saturated carbocycles. The first-order valence-electron chi connectivity index (χ1n) is 8.60. The molecule has 0 radical (unpaired) electrons. The van der Waals surface area contributed by atoms with Crippen LogP contribution in [-0.4, -0.2) is 49.1 Å². The highest BCUT2D eigenvalue weighted by molar-refractivity contribution is 5.96. The van der Waals surface area contributed by atoms with Gasteiger partial charge in [0.2, 0.25) is 5.91 Å². The molecule has 0 bridgehead atoms. The van der Waals surface area contributed by atoms with Crippen LogP contribution in [0.25, 0.3) is 0 Å². The van der Waals surface area contributed by atoms with Gasteiger partial charge in [-0.3, -0.25) is 4.79 Å². The molecule has 1 N–H and O–H groups in total. The second-order valence-corrected chi connectivity index (χ2v) is 6.59. The molecule has 2 unspecified atom stereocenters. The predicted molar refractivity (Wildman–Crippen MR) is 92.3 cm³/mol. The van der Waals surface area contributed by atoms with Crippen molar-refractivity contribution >= 4 is 17.6 Å². The van der Waals surface area contributed by atoms with Gasteiger partial charge in [-0.15, -0.1) is 0 Å². The third kappa shape index (κ3) is 3.47. The first-order chi connectivity index (χ1) is 11.6. The van der Waals surface area contributed by atoms with Crippen LogP contribution >= 0.6 is 0 Å². The normalized spacial score (nSPS) is 24.2. The monoisotopic (exact) mass is 331 g/mol. The minimum absolute atomic E-state index is 0.0390. The fourth-order valence-electron chi connectivity index (χ4n) is 3.47. The summed E-state index contributed by atoms with van der Waals surface area (Å²) in [7, 11) is 1.61. The average Bonchev–Trinajstić information content (AvgIpc) is 2.95. The molecule has 1 aromatic carbocycles. The number of hydrogen-bond acceptors (Lipinski definition) is 3. The number of anilines is 1. The molecule has 0 aliphatic carbocycles. The lowest BCUT2D eigenvalue weighted by molar-refractivity contribution is -0.117. The molecule has 0 spiro atoms. The van der Waals surface area contributed by atoms with Crippen LogP contribution in [0.1, 0.15) is 32.6 Å². The van der Waals surface area contributed by atoms with Crippen LogP contribution in [0, 0.1) is 0 Å². The van der Waals surface area contributed by atoms with Gasteiger partial charge in [-0.2, -0.15) is 0 Å². The van der Waals surface area contributed by atoms with Gasteiger partial charge in [0.25, 0.3) is 0 Å². The van der Waals surface area contributed by atoms with Gasteiger partial charge in [-0.1, -0.05) is 0 Å². The number of piperidine rings is 1. The van der Waals surface area contributed by atoms with E-state index < -0.39 is 0 Å². The standard InChI is InChI=1S/C18H25N3O3/c1-13-5-3-4-10-20(13)18(23)19-14-11-17(22)21(12-14)15-6-8-16(24-2)9-7-15/h6-9,13-14H,3-5,10-12H2,1-2H3,(H,19,23). The second kappa shape index (κ2) is 7.11. The number of carbonyl (C=O) groups excluding carboxylic acids is 2. The number of benzene rings is 1. The minimum Gasteiger partial charge on any atom is -0.497 e. The highest BCUT2D eigenvalue weighted by atomic mass is 16.5. The highest BCUT2D eigenvalue weighted by Gasteiger charge is 2.33. The van der Waals surface area contributed by atoms with Crippen LogP contribution in [-0.2, 0) is 4.79 Å². The fraction of sp³-hybridized carbons (Fsp3) is 0.556. The van der Waals surface area contributed by atoms with Crippen LogP contribution in [0.2, 0.25) is 0 Å². The molecule has 2 heterocycles. The van der Waals surface area contributed by atoms with Crippen molar-refractivity contribution in [1.82, 2.24) is 10.2 Å². The molecule has 0 aromatic heterocycles. The van der Waals surface area contributed by atoms with Gasteiger partial charge in [0.15, 0.2) is 0 Å². The third-order valence-corrected chi connectivity index (χ3v) is 4.90. The Labute approximate surface area is 142 Å². The van der Waals surface area contributed by atoms with Gasteiger partial charge < -0.3 is 19.9 Å². The lowest BCUT2D eigenvalue weighted by Crippen LogP contribution is -2.50. The zero-order chi connectivity index (χ0) is 17.1. The van der Waals surface area contributed by atoms with E-state index in [9.17, 15) is 9.59 Å². The van der Waals surface area contributed by atoms with Gasteiger partial charge in [0, 0.05) is 31.2 Å². The van der Waals surface area contributed by atoms with Crippen molar-refractivity contribution < 1.29 is 14.3 Å². The SMILES string of the molecule is COc1ccc(N2CC(NC(=O)N3CCCCC3C)CC2=O)cc1. The summed E-state index contributed by atoms with van der Waals surface area (Å²) in [4.78, 5) is 28.4. The van der Waals surface area contributed by atoms with Crippen molar-refractivity contribution in [3.05, 3.63) is 24.3 Å². The van der Waals surface area contributed by atoms with E-state index in [2.05, 4.69) is 12.2 Å². The zero-order valence-electron chi connectivity index (χ0n) is 14.3. The van der Waals surface area contributed by atoms with E-state index >= 15 is 0 Å². The number of carbonyl (C=O) groups is 2. The Bertz CT molecular complexity index is 602. The molecule has 6 nitrogen and oxygen atoms in total. The lowest BCUT2D eigenvalue weighted by Gasteiger charge is -2.34. The fourth-order valence-corrected chi connectivity index (χ4v) is 3.47. The average molecular weight is 331 g/mol. The third-order valence-electron chi connectivity index (χ3n) is 4.90. The molecule has 2 saturated heterocycles. The molecular formula is C18H25N3O3. The number of urea groups is 1. The smallest absolute Gasteiger partial charge is 0.317 e. The zero-order valence-corrected chi connectivity index (χ0v) is 14.3. The van der Waals surface area contributed by atoms with E-state index in [0.29, 0.717) is 13.0 Å². The van der Waals surface area contributed by atoms with Crippen molar-refractivity contribution in [2.45, 2.75) is 44.7 Å². The maximum atomic E-state index is 12.5.